The first-order valence-corrected chi connectivity index (χ1v) is 7.81. The molecule has 2 bridgehead atoms. The quantitative estimate of drug-likeness (QED) is 0.914. The van der Waals surface area contributed by atoms with Crippen LogP contribution in [-0.2, 0) is 14.3 Å². The van der Waals surface area contributed by atoms with Crippen LogP contribution in [0.1, 0.15) is 12.8 Å². The van der Waals surface area contributed by atoms with Crippen molar-refractivity contribution in [3.8, 4) is 0 Å². The number of hydrogen-bond donors (Lipinski definition) is 2. The minimum absolute atomic E-state index is 0.264. The summed E-state index contributed by atoms with van der Waals surface area (Å²) in [7, 11) is 0. The van der Waals surface area contributed by atoms with Crippen molar-refractivity contribution in [2.45, 2.75) is 25.0 Å². The summed E-state index contributed by atoms with van der Waals surface area (Å²) >= 11 is 0. The molecule has 5 nitrogen and oxygen atoms in total. The highest BCUT2D eigenvalue weighted by Gasteiger charge is 2.55. The number of benzene rings is 2. The van der Waals surface area contributed by atoms with Gasteiger partial charge in [-0.15, -0.1) is 0 Å². The monoisotopic (exact) mass is 311 g/mol. The summed E-state index contributed by atoms with van der Waals surface area (Å²) in [5.74, 6) is -2.57. The lowest BCUT2D eigenvalue weighted by molar-refractivity contribution is -0.147. The minimum Gasteiger partial charge on any atom is -0.481 e. The first-order valence-electron chi connectivity index (χ1n) is 7.81. The highest BCUT2D eigenvalue weighted by atomic mass is 16.5. The maximum atomic E-state index is 12.6. The van der Waals surface area contributed by atoms with Gasteiger partial charge in [0.25, 0.3) is 0 Å². The van der Waals surface area contributed by atoms with E-state index in [0.717, 1.165) is 23.6 Å². The lowest BCUT2D eigenvalue weighted by Gasteiger charge is -2.23. The number of ether oxygens (including phenoxy) is 1. The average molecular weight is 311 g/mol. The van der Waals surface area contributed by atoms with E-state index < -0.39 is 17.8 Å². The van der Waals surface area contributed by atoms with E-state index in [-0.39, 0.29) is 18.1 Å². The summed E-state index contributed by atoms with van der Waals surface area (Å²) in [6.45, 7) is 0. The number of fused-ring (bicyclic) bond motifs is 3. The molecule has 0 spiro atoms. The summed E-state index contributed by atoms with van der Waals surface area (Å²) in [6.07, 6.45) is 0.873. The first kappa shape index (κ1) is 14.2. The van der Waals surface area contributed by atoms with Gasteiger partial charge in [0.1, 0.15) is 0 Å². The summed E-state index contributed by atoms with van der Waals surface area (Å²) < 4.78 is 5.65. The molecule has 0 aliphatic carbocycles. The van der Waals surface area contributed by atoms with Gasteiger partial charge >= 0.3 is 5.97 Å². The minimum atomic E-state index is -0.948. The van der Waals surface area contributed by atoms with Gasteiger partial charge in [0.05, 0.1) is 24.0 Å². The molecule has 0 radical (unpaired) electrons. The van der Waals surface area contributed by atoms with Crippen LogP contribution in [0.2, 0.25) is 0 Å². The Hall–Kier alpha value is -2.40. The number of nitrogens with one attached hydrogen (secondary N) is 1. The summed E-state index contributed by atoms with van der Waals surface area (Å²) in [5, 5.41) is 14.4. The molecule has 2 N–H and O–H groups in total. The van der Waals surface area contributed by atoms with Crippen molar-refractivity contribution in [2.75, 3.05) is 5.32 Å². The number of carboxylic acids is 1. The Bertz CT molecular complexity index is 787. The molecule has 0 aromatic heterocycles. The van der Waals surface area contributed by atoms with E-state index in [1.807, 2.05) is 42.5 Å². The molecule has 2 heterocycles. The Morgan fingerprint density at radius 3 is 2.43 bits per heavy atom. The van der Waals surface area contributed by atoms with Gasteiger partial charge < -0.3 is 15.2 Å². The maximum Gasteiger partial charge on any atom is 0.310 e. The number of hydrogen-bond acceptors (Lipinski definition) is 3. The fourth-order valence-corrected chi connectivity index (χ4v) is 3.82. The molecule has 118 valence electrons. The van der Waals surface area contributed by atoms with Crippen molar-refractivity contribution >= 4 is 28.3 Å². The highest BCUT2D eigenvalue weighted by Crippen LogP contribution is 2.44. The summed E-state index contributed by atoms with van der Waals surface area (Å²) in [4.78, 5) is 24.1. The van der Waals surface area contributed by atoms with Crippen molar-refractivity contribution in [1.82, 2.24) is 0 Å². The Kier molecular flexibility index (Phi) is 3.31. The van der Waals surface area contributed by atoms with Gasteiger partial charge in [0, 0.05) is 5.69 Å². The number of aliphatic carboxylic acids is 1. The van der Waals surface area contributed by atoms with E-state index in [1.54, 1.807) is 0 Å². The maximum absolute atomic E-state index is 12.6. The Labute approximate surface area is 133 Å². The predicted octanol–water partition coefficient (Wildman–Crippen LogP) is 2.66. The van der Waals surface area contributed by atoms with Crippen LogP contribution in [0.15, 0.2) is 42.5 Å². The number of carbonyl (C=O) groups is 2. The zero-order chi connectivity index (χ0) is 16.0. The van der Waals surface area contributed by atoms with Gasteiger partial charge in [-0.1, -0.05) is 30.3 Å². The molecular weight excluding hydrogens is 294 g/mol. The van der Waals surface area contributed by atoms with Crippen LogP contribution in [0, 0.1) is 11.8 Å². The van der Waals surface area contributed by atoms with Crippen molar-refractivity contribution < 1.29 is 19.4 Å². The van der Waals surface area contributed by atoms with Crippen LogP contribution < -0.4 is 5.32 Å². The Morgan fingerprint density at radius 1 is 1.00 bits per heavy atom. The number of carbonyl (C=O) groups excluding carboxylic acids is 1. The van der Waals surface area contributed by atoms with Crippen LogP contribution in [0.4, 0.5) is 5.69 Å². The topological polar surface area (TPSA) is 75.6 Å². The van der Waals surface area contributed by atoms with Crippen LogP contribution in [0.5, 0.6) is 0 Å². The van der Waals surface area contributed by atoms with Crippen LogP contribution in [-0.4, -0.2) is 29.2 Å². The van der Waals surface area contributed by atoms with E-state index in [1.165, 1.54) is 0 Å². The highest BCUT2D eigenvalue weighted by molar-refractivity contribution is 5.98. The fourth-order valence-electron chi connectivity index (χ4n) is 3.82. The second kappa shape index (κ2) is 5.35. The second-order valence-electron chi connectivity index (χ2n) is 6.23. The molecular formula is C18H17NO4. The number of rotatable bonds is 3. The zero-order valence-electron chi connectivity index (χ0n) is 12.4. The molecule has 23 heavy (non-hydrogen) atoms. The molecule has 2 fully saturated rings. The van der Waals surface area contributed by atoms with Gasteiger partial charge in [-0.2, -0.15) is 0 Å². The lowest BCUT2D eigenvalue weighted by Crippen LogP contribution is -2.40. The Morgan fingerprint density at radius 2 is 1.70 bits per heavy atom. The molecule has 2 saturated heterocycles. The van der Waals surface area contributed by atoms with E-state index in [0.29, 0.717) is 5.69 Å². The summed E-state index contributed by atoms with van der Waals surface area (Å²) in [5.41, 5.74) is 0.681. The molecule has 4 rings (SSSR count). The molecule has 2 aromatic rings. The molecule has 2 aliphatic rings. The van der Waals surface area contributed by atoms with E-state index in [9.17, 15) is 14.7 Å². The third-order valence-electron chi connectivity index (χ3n) is 4.88. The van der Waals surface area contributed by atoms with E-state index in [2.05, 4.69) is 5.32 Å². The number of carboxylic acid groups (broad SMARTS) is 1. The second-order valence-corrected chi connectivity index (χ2v) is 6.23. The van der Waals surface area contributed by atoms with Gasteiger partial charge in [-0.3, -0.25) is 9.59 Å². The van der Waals surface area contributed by atoms with Crippen molar-refractivity contribution in [3.63, 3.8) is 0 Å². The van der Waals surface area contributed by atoms with Gasteiger partial charge in [-0.25, -0.2) is 0 Å². The van der Waals surface area contributed by atoms with Crippen molar-refractivity contribution in [1.29, 1.82) is 0 Å². The Balaban J connectivity index is 1.57. The van der Waals surface area contributed by atoms with Crippen LogP contribution in [0.25, 0.3) is 10.8 Å². The van der Waals surface area contributed by atoms with Crippen LogP contribution >= 0.6 is 0 Å². The predicted molar refractivity (Wildman–Crippen MR) is 85.1 cm³/mol. The number of amides is 1. The average Bonchev–Trinajstić information content (AvgIpc) is 3.15. The standard InChI is InChI=1S/C18H17NO4/c20-17(15-13-7-8-14(23-13)16(15)18(21)22)19-12-6-5-10-3-1-2-4-11(10)9-12/h1-6,9,13-16H,7-8H2,(H,19,20)(H,21,22)/t13-,14-,15?,16?/m1/s1. The first-order chi connectivity index (χ1) is 11.1. The van der Waals surface area contributed by atoms with E-state index >= 15 is 0 Å². The SMILES string of the molecule is O=C(O)C1C(C(=O)Nc2ccc3ccccc3c2)[C@H]2CC[C@H]1O2. The lowest BCUT2D eigenvalue weighted by atomic mass is 9.78. The smallest absolute Gasteiger partial charge is 0.310 e. The zero-order valence-corrected chi connectivity index (χ0v) is 12.4. The molecule has 2 unspecified atom stereocenters. The molecule has 1 amide bonds. The molecule has 0 saturated carbocycles. The fraction of sp³-hybridized carbons (Fsp3) is 0.333. The van der Waals surface area contributed by atoms with Gasteiger partial charge in [0.15, 0.2) is 0 Å². The molecule has 5 heteroatoms. The van der Waals surface area contributed by atoms with Gasteiger partial charge in [-0.05, 0) is 35.7 Å². The normalized spacial score (nSPS) is 28.9. The number of anilines is 1. The summed E-state index contributed by atoms with van der Waals surface area (Å²) in [6, 6.07) is 13.6. The van der Waals surface area contributed by atoms with Crippen LogP contribution in [0.3, 0.4) is 0 Å². The molecule has 2 aromatic carbocycles. The van der Waals surface area contributed by atoms with Gasteiger partial charge in [0.2, 0.25) is 5.91 Å². The molecule has 2 aliphatic heterocycles. The van der Waals surface area contributed by atoms with Crippen molar-refractivity contribution in [3.05, 3.63) is 42.5 Å². The third-order valence-corrected chi connectivity index (χ3v) is 4.88. The van der Waals surface area contributed by atoms with Crippen molar-refractivity contribution in [2.24, 2.45) is 11.8 Å². The van der Waals surface area contributed by atoms with E-state index in [4.69, 9.17) is 4.74 Å². The largest absolute Gasteiger partial charge is 0.481 e. The molecule has 4 atom stereocenters. The third kappa shape index (κ3) is 2.37.